The molecule has 1 unspecified atom stereocenters. The van der Waals surface area contributed by atoms with E-state index in [-0.39, 0.29) is 17.9 Å². The fraction of sp³-hybridized carbons (Fsp3) is 0.667. The second-order valence-electron chi connectivity index (χ2n) is 9.61. The number of hydrogen-bond donors (Lipinski definition) is 2. The number of rotatable bonds is 6. The number of nitrogens with one attached hydrogen (secondary N) is 2. The van der Waals surface area contributed by atoms with Gasteiger partial charge in [0.15, 0.2) is 0 Å². The van der Waals surface area contributed by atoms with E-state index in [1.165, 1.54) is 12.8 Å². The smallest absolute Gasteiger partial charge is 0.226 e. The van der Waals surface area contributed by atoms with Crippen LogP contribution < -0.4 is 10.6 Å². The van der Waals surface area contributed by atoms with Gasteiger partial charge in [-0.2, -0.15) is 0 Å². The lowest BCUT2D eigenvalue weighted by Crippen LogP contribution is -2.54. The van der Waals surface area contributed by atoms with Gasteiger partial charge in [0.1, 0.15) is 0 Å². The van der Waals surface area contributed by atoms with Crippen LogP contribution >= 0.6 is 11.6 Å². The molecule has 0 bridgehead atoms. The molecule has 1 aromatic rings. The van der Waals surface area contributed by atoms with Crippen LogP contribution in [-0.4, -0.2) is 60.4 Å². The van der Waals surface area contributed by atoms with Gasteiger partial charge in [0, 0.05) is 55.3 Å². The van der Waals surface area contributed by atoms with Gasteiger partial charge < -0.3 is 15.5 Å². The van der Waals surface area contributed by atoms with Crippen LogP contribution in [0.15, 0.2) is 12.1 Å². The normalized spacial score (nSPS) is 23.1. The number of nitrogens with zero attached hydrogens (tertiary/aromatic N) is 2. The molecule has 7 heteroatoms. The Labute approximate surface area is 190 Å². The minimum atomic E-state index is 0.0514. The summed E-state index contributed by atoms with van der Waals surface area (Å²) in [7, 11) is 0. The molecule has 2 amide bonds. The Hall–Kier alpha value is -1.63. The molecule has 1 atom stereocenters. The molecular formula is C24H35ClN4O2. The lowest BCUT2D eigenvalue weighted by atomic mass is 9.98. The number of amides is 2. The zero-order valence-corrected chi connectivity index (χ0v) is 19.5. The van der Waals surface area contributed by atoms with Crippen LogP contribution in [0.25, 0.3) is 0 Å². The molecule has 2 N–H and O–H groups in total. The van der Waals surface area contributed by atoms with E-state index in [1.54, 1.807) is 0 Å². The molecule has 31 heavy (non-hydrogen) atoms. The highest BCUT2D eigenvalue weighted by molar-refractivity contribution is 6.31. The van der Waals surface area contributed by atoms with Gasteiger partial charge in [-0.1, -0.05) is 24.4 Å². The van der Waals surface area contributed by atoms with Crippen molar-refractivity contribution in [2.45, 2.75) is 58.5 Å². The molecule has 0 spiro atoms. The van der Waals surface area contributed by atoms with Crippen LogP contribution in [0.2, 0.25) is 5.02 Å². The van der Waals surface area contributed by atoms with Crippen molar-refractivity contribution in [1.29, 1.82) is 0 Å². The largest absolute Gasteiger partial charge is 0.337 e. The quantitative estimate of drug-likeness (QED) is 0.702. The SMILES string of the molecule is Cc1c(CN2CCN(C(=O)C3CCCC3)C(C)C2)cc(Cl)cc1NC(=O)CC1CNC1. The van der Waals surface area contributed by atoms with Crippen molar-refractivity contribution in [3.8, 4) is 0 Å². The van der Waals surface area contributed by atoms with E-state index >= 15 is 0 Å². The Kier molecular flexibility index (Phi) is 7.19. The maximum Gasteiger partial charge on any atom is 0.226 e. The standard InChI is InChI=1S/C24H35ClN4O2/c1-16-14-28(7-8-29(16)24(31)19-5-3-4-6-19)15-20-10-21(25)11-22(17(20)2)27-23(30)9-18-12-26-13-18/h10-11,16,18-19,26H,3-9,12-15H2,1-2H3,(H,27,30). The topological polar surface area (TPSA) is 64.7 Å². The van der Waals surface area contributed by atoms with Gasteiger partial charge in [-0.25, -0.2) is 0 Å². The summed E-state index contributed by atoms with van der Waals surface area (Å²) in [6, 6.07) is 4.07. The van der Waals surface area contributed by atoms with Gasteiger partial charge >= 0.3 is 0 Å². The number of benzene rings is 1. The van der Waals surface area contributed by atoms with Gasteiger partial charge in [0.2, 0.25) is 11.8 Å². The van der Waals surface area contributed by atoms with Crippen LogP contribution in [0, 0.1) is 18.8 Å². The highest BCUT2D eigenvalue weighted by Crippen LogP contribution is 2.30. The van der Waals surface area contributed by atoms with Crippen molar-refractivity contribution in [3.63, 3.8) is 0 Å². The molecule has 0 radical (unpaired) electrons. The van der Waals surface area contributed by atoms with Crippen LogP contribution in [-0.2, 0) is 16.1 Å². The predicted octanol–water partition coefficient (Wildman–Crippen LogP) is 3.42. The van der Waals surface area contributed by atoms with Gasteiger partial charge in [-0.05, 0) is 69.0 Å². The van der Waals surface area contributed by atoms with Crippen LogP contribution in [0.4, 0.5) is 5.69 Å². The average Bonchev–Trinajstić information content (AvgIpc) is 3.23. The number of carbonyl (C=O) groups is 2. The Bertz CT molecular complexity index is 820. The number of anilines is 1. The van der Waals surface area contributed by atoms with Crippen LogP contribution in [0.1, 0.15) is 50.2 Å². The third kappa shape index (κ3) is 5.41. The van der Waals surface area contributed by atoms with Crippen molar-refractivity contribution in [2.75, 3.05) is 38.0 Å². The first-order valence-corrected chi connectivity index (χ1v) is 12.1. The first-order chi connectivity index (χ1) is 14.9. The van der Waals surface area contributed by atoms with Gasteiger partial charge in [0.05, 0.1) is 0 Å². The Morgan fingerprint density at radius 1 is 1.19 bits per heavy atom. The van der Waals surface area contributed by atoms with E-state index in [4.69, 9.17) is 11.6 Å². The molecule has 0 aromatic heterocycles. The summed E-state index contributed by atoms with van der Waals surface area (Å²) in [6.45, 7) is 9.33. The van der Waals surface area contributed by atoms with Crippen molar-refractivity contribution >= 4 is 29.1 Å². The van der Waals surface area contributed by atoms with Gasteiger partial charge in [-0.3, -0.25) is 14.5 Å². The third-order valence-electron chi connectivity index (χ3n) is 7.19. The lowest BCUT2D eigenvalue weighted by molar-refractivity contribution is -0.140. The van der Waals surface area contributed by atoms with Crippen molar-refractivity contribution in [2.24, 2.45) is 11.8 Å². The summed E-state index contributed by atoms with van der Waals surface area (Å²) in [5.41, 5.74) is 3.01. The zero-order valence-electron chi connectivity index (χ0n) is 18.8. The number of halogens is 1. The van der Waals surface area contributed by atoms with Crippen molar-refractivity contribution < 1.29 is 9.59 Å². The maximum atomic E-state index is 12.9. The molecule has 2 aliphatic heterocycles. The second kappa shape index (κ2) is 9.88. The summed E-state index contributed by atoms with van der Waals surface area (Å²) in [6.07, 6.45) is 5.03. The summed E-state index contributed by atoms with van der Waals surface area (Å²) >= 11 is 6.40. The van der Waals surface area contributed by atoms with Gasteiger partial charge in [0.25, 0.3) is 0 Å². The molecule has 4 rings (SSSR count). The number of hydrogen-bond acceptors (Lipinski definition) is 4. The maximum absolute atomic E-state index is 12.9. The highest BCUT2D eigenvalue weighted by Gasteiger charge is 2.33. The zero-order chi connectivity index (χ0) is 22.0. The summed E-state index contributed by atoms with van der Waals surface area (Å²) in [4.78, 5) is 29.8. The number of carbonyl (C=O) groups excluding carboxylic acids is 2. The molecule has 2 heterocycles. The summed E-state index contributed by atoms with van der Waals surface area (Å²) in [5.74, 6) is 1.08. The first kappa shape index (κ1) is 22.6. The molecule has 1 saturated carbocycles. The second-order valence-corrected chi connectivity index (χ2v) is 10.0. The molecule has 3 fully saturated rings. The van der Waals surface area contributed by atoms with Gasteiger partial charge in [-0.15, -0.1) is 0 Å². The molecular weight excluding hydrogens is 412 g/mol. The minimum Gasteiger partial charge on any atom is -0.337 e. The van der Waals surface area contributed by atoms with E-state index in [0.717, 1.165) is 68.9 Å². The third-order valence-corrected chi connectivity index (χ3v) is 7.41. The summed E-state index contributed by atoms with van der Waals surface area (Å²) < 4.78 is 0. The predicted molar refractivity (Wildman–Crippen MR) is 124 cm³/mol. The molecule has 6 nitrogen and oxygen atoms in total. The minimum absolute atomic E-state index is 0.0514. The summed E-state index contributed by atoms with van der Waals surface area (Å²) in [5, 5.41) is 6.91. The van der Waals surface area contributed by atoms with E-state index in [2.05, 4.69) is 34.3 Å². The Morgan fingerprint density at radius 3 is 2.58 bits per heavy atom. The van der Waals surface area contributed by atoms with Crippen LogP contribution in [0.3, 0.4) is 0 Å². The van der Waals surface area contributed by atoms with E-state index in [0.29, 0.717) is 23.3 Å². The van der Waals surface area contributed by atoms with E-state index in [1.807, 2.05) is 12.1 Å². The first-order valence-electron chi connectivity index (χ1n) is 11.7. The average molecular weight is 447 g/mol. The highest BCUT2D eigenvalue weighted by atomic mass is 35.5. The molecule has 1 aliphatic carbocycles. The van der Waals surface area contributed by atoms with Crippen LogP contribution in [0.5, 0.6) is 0 Å². The molecule has 3 aliphatic rings. The van der Waals surface area contributed by atoms with E-state index in [9.17, 15) is 9.59 Å². The monoisotopic (exact) mass is 446 g/mol. The van der Waals surface area contributed by atoms with Crippen molar-refractivity contribution in [3.05, 3.63) is 28.3 Å². The Balaban J connectivity index is 1.37. The fourth-order valence-electron chi connectivity index (χ4n) is 5.14. The molecule has 1 aromatic carbocycles. The fourth-order valence-corrected chi connectivity index (χ4v) is 5.38. The van der Waals surface area contributed by atoms with Crippen molar-refractivity contribution in [1.82, 2.24) is 15.1 Å². The lowest BCUT2D eigenvalue weighted by Gasteiger charge is -2.41. The number of piperazine rings is 1. The molecule has 2 saturated heterocycles. The Morgan fingerprint density at radius 2 is 1.94 bits per heavy atom. The molecule has 170 valence electrons. The van der Waals surface area contributed by atoms with E-state index < -0.39 is 0 Å².